The largest absolute Gasteiger partial charge is 0.457 e. The van der Waals surface area contributed by atoms with Crippen molar-refractivity contribution in [2.75, 3.05) is 5.32 Å². The highest BCUT2D eigenvalue weighted by Crippen LogP contribution is 2.34. The number of halogens is 2. The third kappa shape index (κ3) is 5.23. The molecule has 0 spiro atoms. The van der Waals surface area contributed by atoms with Crippen LogP contribution in [-0.4, -0.2) is 11.0 Å². The second-order valence-electron chi connectivity index (χ2n) is 5.95. The van der Waals surface area contributed by atoms with E-state index in [0.29, 0.717) is 27.1 Å². The van der Waals surface area contributed by atoms with Crippen molar-refractivity contribution in [2.45, 2.75) is 6.92 Å². The molecule has 0 fully saturated rings. The fraction of sp³-hybridized carbons (Fsp3) is 0.0476. The van der Waals surface area contributed by atoms with Gasteiger partial charge in [-0.05, 0) is 67.2 Å². The quantitative estimate of drug-likeness (QED) is 0.388. The van der Waals surface area contributed by atoms with E-state index in [9.17, 15) is 4.79 Å². The first-order valence-corrected chi connectivity index (χ1v) is 9.50. The average molecular weight is 431 g/mol. The zero-order chi connectivity index (χ0) is 20.1. The number of anilines is 1. The minimum Gasteiger partial charge on any atom is -0.457 e. The summed E-state index contributed by atoms with van der Waals surface area (Å²) in [6.07, 6.45) is 2.89. The Morgan fingerprint density at radius 3 is 2.68 bits per heavy atom. The fourth-order valence-electron chi connectivity index (χ4n) is 2.48. The summed E-state index contributed by atoms with van der Waals surface area (Å²) >= 11 is 17.4. The van der Waals surface area contributed by atoms with Gasteiger partial charge in [-0.2, -0.15) is 0 Å². The van der Waals surface area contributed by atoms with Gasteiger partial charge in [-0.1, -0.05) is 41.4 Å². The number of nitrogens with one attached hydrogen (secondary N) is 2. The molecule has 3 rings (SSSR count). The molecule has 0 atom stereocenters. The monoisotopic (exact) mass is 430 g/mol. The van der Waals surface area contributed by atoms with Gasteiger partial charge in [0.1, 0.15) is 11.5 Å². The number of furan rings is 1. The van der Waals surface area contributed by atoms with Crippen LogP contribution in [0.3, 0.4) is 0 Å². The molecule has 28 heavy (non-hydrogen) atoms. The topological polar surface area (TPSA) is 54.3 Å². The zero-order valence-electron chi connectivity index (χ0n) is 14.8. The number of rotatable bonds is 4. The average Bonchev–Trinajstić information content (AvgIpc) is 3.11. The van der Waals surface area contributed by atoms with Gasteiger partial charge in [-0.15, -0.1) is 0 Å². The van der Waals surface area contributed by atoms with Gasteiger partial charge in [-0.25, -0.2) is 0 Å². The molecular weight excluding hydrogens is 415 g/mol. The molecule has 2 aromatic carbocycles. The summed E-state index contributed by atoms with van der Waals surface area (Å²) < 4.78 is 5.71. The lowest BCUT2D eigenvalue weighted by atomic mass is 10.2. The summed E-state index contributed by atoms with van der Waals surface area (Å²) in [7, 11) is 0. The molecule has 2 N–H and O–H groups in total. The second-order valence-corrected chi connectivity index (χ2v) is 7.14. The van der Waals surface area contributed by atoms with Crippen molar-refractivity contribution in [1.82, 2.24) is 5.32 Å². The normalized spacial score (nSPS) is 10.8. The standard InChI is InChI=1S/C21H16Cl2N2O2S/c1-13-4-2-5-14(12-13)24-21(28)25-19(26)11-9-15-8-10-18(27-15)16-6-3-7-17(22)20(16)23/h2-12H,1H3,(H2,24,25,26,28). The maximum atomic E-state index is 12.1. The van der Waals surface area contributed by atoms with Crippen LogP contribution in [0.15, 0.2) is 65.1 Å². The van der Waals surface area contributed by atoms with Crippen molar-refractivity contribution >= 4 is 58.2 Å². The molecule has 142 valence electrons. The van der Waals surface area contributed by atoms with Gasteiger partial charge >= 0.3 is 0 Å². The van der Waals surface area contributed by atoms with Crippen LogP contribution in [0.5, 0.6) is 0 Å². The lowest BCUT2D eigenvalue weighted by molar-refractivity contribution is -0.115. The molecule has 0 saturated heterocycles. The number of amides is 1. The van der Waals surface area contributed by atoms with E-state index < -0.39 is 0 Å². The van der Waals surface area contributed by atoms with Crippen LogP contribution in [0.1, 0.15) is 11.3 Å². The minimum atomic E-state index is -0.371. The Morgan fingerprint density at radius 2 is 1.89 bits per heavy atom. The third-order valence-electron chi connectivity index (χ3n) is 3.76. The number of hydrogen-bond donors (Lipinski definition) is 2. The molecule has 0 unspecified atom stereocenters. The highest BCUT2D eigenvalue weighted by atomic mass is 35.5. The molecule has 0 bridgehead atoms. The molecule has 1 heterocycles. The second kappa shape index (κ2) is 9.06. The Labute approximate surface area is 178 Å². The summed E-state index contributed by atoms with van der Waals surface area (Å²) in [5, 5.41) is 6.63. The minimum absolute atomic E-state index is 0.214. The van der Waals surface area contributed by atoms with Gasteiger partial charge in [0.15, 0.2) is 5.11 Å². The van der Waals surface area contributed by atoms with E-state index in [1.165, 1.54) is 6.08 Å². The van der Waals surface area contributed by atoms with E-state index in [1.807, 2.05) is 37.3 Å². The number of carbonyl (C=O) groups excluding carboxylic acids is 1. The van der Waals surface area contributed by atoms with E-state index >= 15 is 0 Å². The predicted octanol–water partition coefficient (Wildman–Crippen LogP) is 6.09. The maximum Gasteiger partial charge on any atom is 0.250 e. The molecular formula is C21H16Cl2N2O2S. The van der Waals surface area contributed by atoms with E-state index in [4.69, 9.17) is 39.8 Å². The van der Waals surface area contributed by atoms with Gasteiger partial charge in [0.25, 0.3) is 0 Å². The molecule has 0 aliphatic rings. The molecule has 0 aliphatic heterocycles. The Hall–Kier alpha value is -2.60. The van der Waals surface area contributed by atoms with Crippen LogP contribution in [-0.2, 0) is 4.79 Å². The Balaban J connectivity index is 1.61. The first kappa shape index (κ1) is 20.1. The Morgan fingerprint density at radius 1 is 1.11 bits per heavy atom. The summed E-state index contributed by atoms with van der Waals surface area (Å²) in [5.74, 6) is 0.687. The summed E-state index contributed by atoms with van der Waals surface area (Å²) in [6.45, 7) is 1.98. The number of aryl methyl sites for hydroxylation is 1. The molecule has 4 nitrogen and oxygen atoms in total. The molecule has 1 aromatic heterocycles. The summed E-state index contributed by atoms with van der Waals surface area (Å²) in [6, 6.07) is 16.5. The maximum absolute atomic E-state index is 12.1. The van der Waals surface area contributed by atoms with Crippen LogP contribution in [0.2, 0.25) is 10.0 Å². The highest BCUT2D eigenvalue weighted by Gasteiger charge is 2.10. The predicted molar refractivity (Wildman–Crippen MR) is 119 cm³/mol. The summed E-state index contributed by atoms with van der Waals surface area (Å²) in [4.78, 5) is 12.1. The van der Waals surface area contributed by atoms with E-state index in [2.05, 4.69) is 10.6 Å². The highest BCUT2D eigenvalue weighted by molar-refractivity contribution is 7.80. The van der Waals surface area contributed by atoms with Gasteiger partial charge in [0.05, 0.1) is 10.0 Å². The van der Waals surface area contributed by atoms with E-state index in [1.54, 1.807) is 30.3 Å². The molecule has 3 aromatic rings. The molecule has 1 amide bonds. The Kier molecular flexibility index (Phi) is 6.52. The van der Waals surface area contributed by atoms with Crippen LogP contribution < -0.4 is 10.6 Å². The number of thiocarbonyl (C=S) groups is 1. The lowest BCUT2D eigenvalue weighted by Crippen LogP contribution is -2.32. The number of benzene rings is 2. The van der Waals surface area contributed by atoms with Crippen molar-refractivity contribution < 1.29 is 9.21 Å². The lowest BCUT2D eigenvalue weighted by Gasteiger charge is -2.08. The van der Waals surface area contributed by atoms with Gasteiger partial charge in [0.2, 0.25) is 5.91 Å². The smallest absolute Gasteiger partial charge is 0.250 e. The number of hydrogen-bond acceptors (Lipinski definition) is 3. The molecule has 0 saturated carbocycles. The van der Waals surface area contributed by atoms with Gasteiger partial charge in [0, 0.05) is 17.3 Å². The van der Waals surface area contributed by atoms with Crippen molar-refractivity contribution in [3.05, 3.63) is 82.0 Å². The first-order valence-electron chi connectivity index (χ1n) is 8.33. The fourth-order valence-corrected chi connectivity index (χ4v) is 3.09. The zero-order valence-corrected chi connectivity index (χ0v) is 17.2. The van der Waals surface area contributed by atoms with Crippen LogP contribution in [0, 0.1) is 6.92 Å². The van der Waals surface area contributed by atoms with Crippen molar-refractivity contribution in [3.63, 3.8) is 0 Å². The number of carbonyl (C=O) groups is 1. The molecule has 0 aliphatic carbocycles. The van der Waals surface area contributed by atoms with Crippen LogP contribution in [0.25, 0.3) is 17.4 Å². The van der Waals surface area contributed by atoms with E-state index in [0.717, 1.165) is 11.3 Å². The van der Waals surface area contributed by atoms with Gasteiger partial charge in [-0.3, -0.25) is 10.1 Å². The first-order chi connectivity index (χ1) is 13.4. The SMILES string of the molecule is Cc1cccc(NC(=S)NC(=O)C=Cc2ccc(-c3cccc(Cl)c3Cl)o2)c1. The Bertz CT molecular complexity index is 1060. The van der Waals surface area contributed by atoms with Crippen LogP contribution in [0.4, 0.5) is 5.69 Å². The van der Waals surface area contributed by atoms with Crippen LogP contribution >= 0.6 is 35.4 Å². The van der Waals surface area contributed by atoms with Gasteiger partial charge < -0.3 is 9.73 Å². The summed E-state index contributed by atoms with van der Waals surface area (Å²) in [5.41, 5.74) is 2.58. The molecule has 0 radical (unpaired) electrons. The van der Waals surface area contributed by atoms with Crippen molar-refractivity contribution in [1.29, 1.82) is 0 Å². The van der Waals surface area contributed by atoms with E-state index in [-0.39, 0.29) is 11.0 Å². The van der Waals surface area contributed by atoms with Crippen molar-refractivity contribution in [3.8, 4) is 11.3 Å². The molecule has 7 heteroatoms. The third-order valence-corrected chi connectivity index (χ3v) is 4.78. The van der Waals surface area contributed by atoms with Crippen molar-refractivity contribution in [2.24, 2.45) is 0 Å².